The molecule has 2 amide bonds. The number of halogens is 2. The van der Waals surface area contributed by atoms with Gasteiger partial charge in [0, 0.05) is 41.8 Å². The second-order valence-corrected chi connectivity index (χ2v) is 12.6. The standard InChI is InChI=1S/C34H35F2N7O3/c1-17-8-25(32(38)44)26(36)12-24(17)27-7-6-20-9-28(42(33(20)39-27)13-19-4-5-19)30-18(2)31-29(46-3)10-21(14-43(31)40-30)34(45)41-15-22(35)11-23(37)16-41/h6-10,12,14,19,22-23H,4-5,11,13,15-16,37H2,1-3H3,(H2,38,44)/t22-,23-/m1/s1. The van der Waals surface area contributed by atoms with Crippen LogP contribution in [0, 0.1) is 25.6 Å². The monoisotopic (exact) mass is 627 g/mol. The fraction of sp³-hybridized carbons (Fsp3) is 0.353. The van der Waals surface area contributed by atoms with Crippen LogP contribution < -0.4 is 16.2 Å². The van der Waals surface area contributed by atoms with Crippen molar-refractivity contribution in [1.82, 2.24) is 24.1 Å². The maximum absolute atomic E-state index is 14.8. The zero-order chi connectivity index (χ0) is 32.4. The van der Waals surface area contributed by atoms with Crippen molar-refractivity contribution >= 4 is 28.4 Å². The number of methoxy groups -OCH3 is 1. The lowest BCUT2D eigenvalue weighted by atomic mass is 10.0. The van der Waals surface area contributed by atoms with Crippen LogP contribution in [0.5, 0.6) is 5.75 Å². The van der Waals surface area contributed by atoms with Crippen molar-refractivity contribution < 1.29 is 23.1 Å². The Morgan fingerprint density at radius 3 is 2.59 bits per heavy atom. The van der Waals surface area contributed by atoms with Gasteiger partial charge in [0.1, 0.15) is 34.6 Å². The highest BCUT2D eigenvalue weighted by atomic mass is 19.1. The first-order chi connectivity index (χ1) is 22.0. The van der Waals surface area contributed by atoms with Crippen LogP contribution in [0.4, 0.5) is 8.78 Å². The summed E-state index contributed by atoms with van der Waals surface area (Å²) < 4.78 is 38.6. The molecule has 7 rings (SSSR count). The summed E-state index contributed by atoms with van der Waals surface area (Å²) in [6.45, 7) is 4.76. The summed E-state index contributed by atoms with van der Waals surface area (Å²) >= 11 is 0. The van der Waals surface area contributed by atoms with E-state index in [4.69, 9.17) is 26.3 Å². The number of piperidine rings is 1. The van der Waals surface area contributed by atoms with Crippen molar-refractivity contribution in [3.63, 3.8) is 0 Å². The maximum Gasteiger partial charge on any atom is 0.255 e. The number of alkyl halides is 1. The molecule has 2 atom stereocenters. The highest BCUT2D eigenvalue weighted by Crippen LogP contribution is 2.39. The molecule has 0 bridgehead atoms. The minimum atomic E-state index is -1.17. The van der Waals surface area contributed by atoms with E-state index >= 15 is 0 Å². The van der Waals surface area contributed by atoms with Gasteiger partial charge in [-0.05, 0) is 81.0 Å². The first-order valence-electron chi connectivity index (χ1n) is 15.4. The molecule has 12 heteroatoms. The van der Waals surface area contributed by atoms with Gasteiger partial charge in [0.2, 0.25) is 0 Å². The normalized spacial score (nSPS) is 18.4. The van der Waals surface area contributed by atoms with Gasteiger partial charge in [0.25, 0.3) is 11.8 Å². The Hall–Kier alpha value is -4.84. The van der Waals surface area contributed by atoms with Crippen LogP contribution in [0.1, 0.15) is 51.1 Å². The number of ether oxygens (including phenoxy) is 1. The lowest BCUT2D eigenvalue weighted by Gasteiger charge is -2.33. The quantitative estimate of drug-likeness (QED) is 0.266. The molecule has 2 aliphatic rings. The van der Waals surface area contributed by atoms with Crippen molar-refractivity contribution in [2.75, 3.05) is 20.2 Å². The zero-order valence-electron chi connectivity index (χ0n) is 25.9. The number of fused-ring (bicyclic) bond motifs is 2. The molecule has 5 heterocycles. The van der Waals surface area contributed by atoms with Crippen molar-refractivity contribution in [3.8, 4) is 28.4 Å². The number of carbonyl (C=O) groups excluding carboxylic acids is 2. The molecule has 1 saturated heterocycles. The molecule has 2 fully saturated rings. The predicted octanol–water partition coefficient (Wildman–Crippen LogP) is 4.80. The number of rotatable bonds is 7. The molecule has 1 aromatic carbocycles. The fourth-order valence-corrected chi connectivity index (χ4v) is 6.59. The van der Waals surface area contributed by atoms with E-state index < -0.39 is 23.9 Å². The summed E-state index contributed by atoms with van der Waals surface area (Å²) in [7, 11) is 1.54. The number of pyridine rings is 2. The first-order valence-corrected chi connectivity index (χ1v) is 15.4. The molecule has 10 nitrogen and oxygen atoms in total. The van der Waals surface area contributed by atoms with Crippen LogP contribution in [-0.2, 0) is 6.54 Å². The van der Waals surface area contributed by atoms with Crippen LogP contribution in [0.3, 0.4) is 0 Å². The second-order valence-electron chi connectivity index (χ2n) is 12.6. The van der Waals surface area contributed by atoms with Gasteiger partial charge in [-0.1, -0.05) is 0 Å². The molecular formula is C34H35F2N7O3. The minimum Gasteiger partial charge on any atom is -0.494 e. The highest BCUT2D eigenvalue weighted by Gasteiger charge is 2.31. The summed E-state index contributed by atoms with van der Waals surface area (Å²) in [5.74, 6) is -0.868. The molecule has 4 aromatic heterocycles. The molecule has 46 heavy (non-hydrogen) atoms. The van der Waals surface area contributed by atoms with E-state index in [1.54, 1.807) is 30.8 Å². The van der Waals surface area contributed by atoms with E-state index in [1.165, 1.54) is 17.0 Å². The third-order valence-corrected chi connectivity index (χ3v) is 9.09. The lowest BCUT2D eigenvalue weighted by Crippen LogP contribution is -2.50. The van der Waals surface area contributed by atoms with Gasteiger partial charge in [-0.15, -0.1) is 0 Å². The molecule has 0 spiro atoms. The molecule has 1 saturated carbocycles. The molecule has 1 aliphatic heterocycles. The number of carbonyl (C=O) groups is 2. The topological polar surface area (TPSA) is 134 Å². The smallest absolute Gasteiger partial charge is 0.255 e. The van der Waals surface area contributed by atoms with E-state index in [1.807, 2.05) is 25.1 Å². The first kappa shape index (κ1) is 29.8. The number of primary amides is 1. The number of hydrogen-bond acceptors (Lipinski definition) is 6. The molecule has 5 aromatic rings. The van der Waals surface area contributed by atoms with Gasteiger partial charge in [0.05, 0.1) is 36.2 Å². The van der Waals surface area contributed by atoms with E-state index in [0.29, 0.717) is 45.3 Å². The average Bonchev–Trinajstić information content (AvgIpc) is 3.69. The maximum atomic E-state index is 14.8. The summed E-state index contributed by atoms with van der Waals surface area (Å²) in [6.07, 6.45) is 2.94. The third kappa shape index (κ3) is 5.16. The van der Waals surface area contributed by atoms with Crippen LogP contribution in [0.15, 0.2) is 42.6 Å². The molecule has 0 unspecified atom stereocenters. The molecular weight excluding hydrogens is 592 g/mol. The van der Waals surface area contributed by atoms with Gasteiger partial charge in [0.15, 0.2) is 0 Å². The number of aromatic nitrogens is 4. The minimum absolute atomic E-state index is 0.00597. The van der Waals surface area contributed by atoms with Crippen molar-refractivity contribution in [3.05, 3.63) is 70.7 Å². The Morgan fingerprint density at radius 2 is 1.89 bits per heavy atom. The Bertz CT molecular complexity index is 2040. The zero-order valence-corrected chi connectivity index (χ0v) is 25.9. The Labute approximate surface area is 263 Å². The number of amides is 2. The highest BCUT2D eigenvalue weighted by molar-refractivity contribution is 5.96. The molecule has 238 valence electrons. The van der Waals surface area contributed by atoms with Gasteiger partial charge in [-0.25, -0.2) is 18.3 Å². The van der Waals surface area contributed by atoms with Gasteiger partial charge in [-0.2, -0.15) is 5.10 Å². The number of benzene rings is 1. The molecule has 1 aliphatic carbocycles. The Morgan fingerprint density at radius 1 is 1.11 bits per heavy atom. The summed E-state index contributed by atoms with van der Waals surface area (Å²) in [6, 6.07) is 9.84. The number of likely N-dealkylation sites (tertiary alicyclic amines) is 1. The number of nitrogens with zero attached hydrogens (tertiary/aromatic N) is 5. The largest absolute Gasteiger partial charge is 0.494 e. The van der Waals surface area contributed by atoms with E-state index in [0.717, 1.165) is 41.7 Å². The van der Waals surface area contributed by atoms with Crippen LogP contribution in [0.2, 0.25) is 0 Å². The third-order valence-electron chi connectivity index (χ3n) is 9.09. The van der Waals surface area contributed by atoms with Gasteiger partial charge >= 0.3 is 0 Å². The second kappa shape index (κ2) is 11.2. The molecule has 0 radical (unpaired) electrons. The van der Waals surface area contributed by atoms with E-state index in [-0.39, 0.29) is 31.0 Å². The van der Waals surface area contributed by atoms with E-state index in [9.17, 15) is 18.4 Å². The van der Waals surface area contributed by atoms with Crippen molar-refractivity contribution in [2.45, 2.75) is 51.9 Å². The SMILES string of the molecule is COc1cc(C(=O)N2C[C@H](N)C[C@@H](F)C2)cn2nc(-c3cc4ccc(-c5cc(F)c(C(N)=O)cc5C)nc4n3CC3CC3)c(C)c12. The molecule has 4 N–H and O–H groups in total. The number of nitrogens with two attached hydrogens (primary N) is 2. The van der Waals surface area contributed by atoms with Crippen LogP contribution >= 0.6 is 0 Å². The average molecular weight is 628 g/mol. The van der Waals surface area contributed by atoms with Crippen LogP contribution in [0.25, 0.3) is 39.2 Å². The number of aryl methyl sites for hydroxylation is 2. The lowest BCUT2D eigenvalue weighted by molar-refractivity contribution is 0.0605. The van der Waals surface area contributed by atoms with Gasteiger partial charge in [-0.3, -0.25) is 9.59 Å². The summed E-state index contributed by atoms with van der Waals surface area (Å²) in [4.78, 5) is 31.6. The number of hydrogen-bond donors (Lipinski definition) is 2. The predicted molar refractivity (Wildman–Crippen MR) is 170 cm³/mol. The van der Waals surface area contributed by atoms with Crippen LogP contribution in [-0.4, -0.2) is 68.3 Å². The Balaban J connectivity index is 1.34. The summed E-state index contributed by atoms with van der Waals surface area (Å²) in [5, 5.41) is 5.85. The fourth-order valence-electron chi connectivity index (χ4n) is 6.59. The summed E-state index contributed by atoms with van der Waals surface area (Å²) in [5.41, 5.74) is 17.2. The van der Waals surface area contributed by atoms with E-state index in [2.05, 4.69) is 4.57 Å². The Kier molecular flexibility index (Phi) is 7.27. The van der Waals surface area contributed by atoms with Gasteiger partial charge < -0.3 is 25.7 Å². The van der Waals surface area contributed by atoms with Crippen molar-refractivity contribution in [1.29, 1.82) is 0 Å². The van der Waals surface area contributed by atoms with Crippen molar-refractivity contribution in [2.24, 2.45) is 17.4 Å².